The van der Waals surface area contributed by atoms with Gasteiger partial charge in [0, 0.05) is 10.9 Å². The summed E-state index contributed by atoms with van der Waals surface area (Å²) in [7, 11) is 4.53. The SMILES string of the molecule is CCc1c(C)sc(NC(=S)Nc2ccc(OC)cc2OC)c1C(=O)OC. The van der Waals surface area contributed by atoms with E-state index in [-0.39, 0.29) is 5.97 Å². The molecule has 0 unspecified atom stereocenters. The molecule has 1 aromatic heterocycles. The monoisotopic (exact) mass is 394 g/mol. The first-order valence-electron chi connectivity index (χ1n) is 7.95. The van der Waals surface area contributed by atoms with Gasteiger partial charge in [0.25, 0.3) is 0 Å². The molecule has 0 aliphatic rings. The minimum Gasteiger partial charge on any atom is -0.497 e. The van der Waals surface area contributed by atoms with Gasteiger partial charge in [-0.15, -0.1) is 11.3 Å². The third-order valence-corrected chi connectivity index (χ3v) is 5.10. The van der Waals surface area contributed by atoms with E-state index in [0.717, 1.165) is 16.9 Å². The fourth-order valence-electron chi connectivity index (χ4n) is 2.57. The molecule has 2 aromatic rings. The molecule has 0 spiro atoms. The first-order valence-corrected chi connectivity index (χ1v) is 9.18. The zero-order valence-corrected chi connectivity index (χ0v) is 17.0. The van der Waals surface area contributed by atoms with Crippen LogP contribution in [0.5, 0.6) is 11.5 Å². The van der Waals surface area contributed by atoms with Crippen molar-refractivity contribution >= 4 is 45.3 Å². The third-order valence-electron chi connectivity index (χ3n) is 3.84. The molecule has 6 nitrogen and oxygen atoms in total. The molecule has 1 aromatic carbocycles. The molecule has 0 aliphatic heterocycles. The number of nitrogens with one attached hydrogen (secondary N) is 2. The molecule has 0 atom stereocenters. The first kappa shape index (κ1) is 20.0. The number of anilines is 2. The molecular formula is C18H22N2O4S2. The lowest BCUT2D eigenvalue weighted by Gasteiger charge is -2.14. The predicted molar refractivity (Wildman–Crippen MR) is 109 cm³/mol. The van der Waals surface area contributed by atoms with Gasteiger partial charge in [0.2, 0.25) is 0 Å². The Morgan fingerprint density at radius 3 is 2.50 bits per heavy atom. The fraction of sp³-hybridized carbons (Fsp3) is 0.333. The average molecular weight is 395 g/mol. The van der Waals surface area contributed by atoms with Crippen LogP contribution in [0.25, 0.3) is 0 Å². The normalized spacial score (nSPS) is 10.2. The van der Waals surface area contributed by atoms with E-state index >= 15 is 0 Å². The van der Waals surface area contributed by atoms with E-state index < -0.39 is 0 Å². The van der Waals surface area contributed by atoms with Crippen LogP contribution in [0.4, 0.5) is 10.7 Å². The van der Waals surface area contributed by atoms with Crippen molar-refractivity contribution in [2.75, 3.05) is 32.0 Å². The van der Waals surface area contributed by atoms with Crippen molar-refractivity contribution in [1.29, 1.82) is 0 Å². The van der Waals surface area contributed by atoms with Gasteiger partial charge < -0.3 is 24.8 Å². The smallest absolute Gasteiger partial charge is 0.341 e. The van der Waals surface area contributed by atoms with E-state index in [1.54, 1.807) is 26.4 Å². The number of rotatable bonds is 6. The van der Waals surface area contributed by atoms with Crippen molar-refractivity contribution in [2.24, 2.45) is 0 Å². The highest BCUT2D eigenvalue weighted by Crippen LogP contribution is 2.34. The Morgan fingerprint density at radius 2 is 1.92 bits per heavy atom. The summed E-state index contributed by atoms with van der Waals surface area (Å²) in [5, 5.41) is 7.20. The fourth-order valence-corrected chi connectivity index (χ4v) is 3.98. The second kappa shape index (κ2) is 8.86. The van der Waals surface area contributed by atoms with E-state index in [1.165, 1.54) is 18.4 Å². The van der Waals surface area contributed by atoms with E-state index in [9.17, 15) is 4.79 Å². The van der Waals surface area contributed by atoms with Gasteiger partial charge in [0.1, 0.15) is 16.5 Å². The van der Waals surface area contributed by atoms with Crippen molar-refractivity contribution in [3.05, 3.63) is 34.2 Å². The Bertz CT molecular complexity index is 818. The van der Waals surface area contributed by atoms with Crippen LogP contribution >= 0.6 is 23.6 Å². The molecule has 2 N–H and O–H groups in total. The van der Waals surface area contributed by atoms with Crippen LogP contribution in [0.2, 0.25) is 0 Å². The van der Waals surface area contributed by atoms with Crippen LogP contribution < -0.4 is 20.1 Å². The van der Waals surface area contributed by atoms with Crippen molar-refractivity contribution < 1.29 is 19.0 Å². The number of thiocarbonyl (C=S) groups is 1. The molecule has 140 valence electrons. The molecule has 0 bridgehead atoms. The highest BCUT2D eigenvalue weighted by molar-refractivity contribution is 7.80. The number of carbonyl (C=O) groups is 1. The zero-order chi connectivity index (χ0) is 19.3. The maximum absolute atomic E-state index is 12.2. The molecule has 0 amide bonds. The van der Waals surface area contributed by atoms with E-state index in [4.69, 9.17) is 26.4 Å². The van der Waals surface area contributed by atoms with Crippen LogP contribution in [0.3, 0.4) is 0 Å². The molecule has 0 saturated heterocycles. The summed E-state index contributed by atoms with van der Waals surface area (Å²) >= 11 is 6.88. The van der Waals surface area contributed by atoms with Gasteiger partial charge in [0.15, 0.2) is 5.11 Å². The van der Waals surface area contributed by atoms with E-state index in [1.807, 2.05) is 19.9 Å². The lowest BCUT2D eigenvalue weighted by molar-refractivity contribution is 0.0601. The van der Waals surface area contributed by atoms with Gasteiger partial charge in [-0.05, 0) is 43.3 Å². The summed E-state index contributed by atoms with van der Waals surface area (Å²) in [5.74, 6) is 0.901. The summed E-state index contributed by atoms with van der Waals surface area (Å²) < 4.78 is 15.5. The number of thiophene rings is 1. The molecule has 0 radical (unpaired) electrons. The number of hydrogen-bond donors (Lipinski definition) is 2. The Balaban J connectivity index is 2.25. The van der Waals surface area contributed by atoms with Gasteiger partial charge in [-0.25, -0.2) is 4.79 Å². The third kappa shape index (κ3) is 4.25. The van der Waals surface area contributed by atoms with Crippen LogP contribution in [0.1, 0.15) is 27.7 Å². The van der Waals surface area contributed by atoms with Gasteiger partial charge in [-0.1, -0.05) is 6.92 Å². The lowest BCUT2D eigenvalue weighted by atomic mass is 10.1. The molecule has 0 saturated carbocycles. The maximum atomic E-state index is 12.2. The van der Waals surface area contributed by atoms with Gasteiger partial charge in [-0.3, -0.25) is 0 Å². The molecule has 0 aliphatic carbocycles. The van der Waals surface area contributed by atoms with E-state index in [2.05, 4.69) is 10.6 Å². The zero-order valence-electron chi connectivity index (χ0n) is 15.4. The minimum absolute atomic E-state index is 0.350. The molecule has 0 fully saturated rings. The standard InChI is InChI=1S/C18H22N2O4S2/c1-6-12-10(2)26-16(15(12)17(21)24-5)20-18(25)19-13-8-7-11(22-3)9-14(13)23-4/h7-9H,6H2,1-5H3,(H2,19,20,25). The van der Waals surface area contributed by atoms with Gasteiger partial charge >= 0.3 is 5.97 Å². The molecule has 2 rings (SSSR count). The summed E-state index contributed by atoms with van der Waals surface area (Å²) in [6, 6.07) is 5.37. The number of methoxy groups -OCH3 is 3. The number of hydrogen-bond acceptors (Lipinski definition) is 6. The Morgan fingerprint density at radius 1 is 1.19 bits per heavy atom. The highest BCUT2D eigenvalue weighted by atomic mass is 32.1. The quantitative estimate of drug-likeness (QED) is 0.561. The van der Waals surface area contributed by atoms with Gasteiger partial charge in [0.05, 0.1) is 32.6 Å². The van der Waals surface area contributed by atoms with Crippen LogP contribution in [0, 0.1) is 6.92 Å². The summed E-state index contributed by atoms with van der Waals surface area (Å²) in [4.78, 5) is 13.2. The summed E-state index contributed by atoms with van der Waals surface area (Å²) in [5.41, 5.74) is 2.19. The van der Waals surface area contributed by atoms with E-state index in [0.29, 0.717) is 32.9 Å². The Labute approximate surface area is 162 Å². The van der Waals surface area contributed by atoms with Crippen LogP contribution in [-0.2, 0) is 11.2 Å². The lowest BCUT2D eigenvalue weighted by Crippen LogP contribution is -2.20. The molecule has 1 heterocycles. The number of esters is 1. The minimum atomic E-state index is -0.376. The van der Waals surface area contributed by atoms with Crippen molar-refractivity contribution in [2.45, 2.75) is 20.3 Å². The van der Waals surface area contributed by atoms with Crippen molar-refractivity contribution in [3.63, 3.8) is 0 Å². The number of benzene rings is 1. The number of aryl methyl sites for hydroxylation is 1. The largest absolute Gasteiger partial charge is 0.497 e. The van der Waals surface area contributed by atoms with Crippen molar-refractivity contribution in [3.8, 4) is 11.5 Å². The Kier molecular flexibility index (Phi) is 6.82. The molecule has 8 heteroatoms. The van der Waals surface area contributed by atoms with Crippen LogP contribution in [0.15, 0.2) is 18.2 Å². The summed E-state index contributed by atoms with van der Waals surface area (Å²) in [6.07, 6.45) is 0.737. The number of carbonyl (C=O) groups excluding carboxylic acids is 1. The molecule has 26 heavy (non-hydrogen) atoms. The topological polar surface area (TPSA) is 68.8 Å². The second-order valence-electron chi connectivity index (χ2n) is 5.33. The Hall–Kier alpha value is -2.32. The van der Waals surface area contributed by atoms with Crippen molar-refractivity contribution in [1.82, 2.24) is 0 Å². The van der Waals surface area contributed by atoms with Crippen LogP contribution in [-0.4, -0.2) is 32.4 Å². The predicted octanol–water partition coefficient (Wildman–Crippen LogP) is 4.23. The number of ether oxygens (including phenoxy) is 3. The second-order valence-corrected chi connectivity index (χ2v) is 6.96. The average Bonchev–Trinajstić information content (AvgIpc) is 2.95. The maximum Gasteiger partial charge on any atom is 0.341 e. The first-order chi connectivity index (χ1) is 12.4. The van der Waals surface area contributed by atoms with Gasteiger partial charge in [-0.2, -0.15) is 0 Å². The highest BCUT2D eigenvalue weighted by Gasteiger charge is 2.22. The summed E-state index contributed by atoms with van der Waals surface area (Å²) in [6.45, 7) is 3.98. The molecular weight excluding hydrogens is 372 g/mol.